The number of fused-ring (bicyclic) bond motifs is 1. The second-order valence-corrected chi connectivity index (χ2v) is 6.01. The van der Waals surface area contributed by atoms with Crippen molar-refractivity contribution in [3.05, 3.63) is 32.0 Å². The van der Waals surface area contributed by atoms with Gasteiger partial charge in [0.15, 0.2) is 5.65 Å². The smallest absolute Gasteiger partial charge is 0.332 e. The minimum Gasteiger partial charge on any atom is -0.383 e. The van der Waals surface area contributed by atoms with Gasteiger partial charge in [0.2, 0.25) is 0 Å². The molecule has 2 rings (SSSR count). The molecule has 2 aromatic rings. The molecule has 0 aliphatic carbocycles. The fourth-order valence-electron chi connectivity index (χ4n) is 2.45. The molecular formula is C15H21N5O3. The molecule has 0 radical (unpaired) electrons. The number of anilines is 1. The Labute approximate surface area is 132 Å². The number of nitrogens with zero attached hydrogens (tertiary/aromatic N) is 3. The highest BCUT2D eigenvalue weighted by molar-refractivity contribution is 6.03. The Balaban J connectivity index is 2.78. The van der Waals surface area contributed by atoms with Gasteiger partial charge in [0, 0.05) is 20.6 Å². The zero-order valence-electron chi connectivity index (χ0n) is 13.9. The van der Waals surface area contributed by atoms with Crippen molar-refractivity contribution in [2.24, 2.45) is 20.0 Å². The number of rotatable bonds is 3. The minimum atomic E-state index is -0.495. The van der Waals surface area contributed by atoms with Crippen LogP contribution in [0.2, 0.25) is 0 Å². The minimum absolute atomic E-state index is 0.000454. The molecule has 0 fully saturated rings. The van der Waals surface area contributed by atoms with Crippen LogP contribution in [0.1, 0.15) is 29.8 Å². The van der Waals surface area contributed by atoms with Crippen LogP contribution in [-0.4, -0.2) is 26.6 Å². The molecule has 0 aliphatic rings. The van der Waals surface area contributed by atoms with E-state index in [0.717, 1.165) is 4.57 Å². The van der Waals surface area contributed by atoms with Crippen molar-refractivity contribution in [1.29, 1.82) is 0 Å². The average molecular weight is 319 g/mol. The van der Waals surface area contributed by atoms with E-state index in [4.69, 9.17) is 5.73 Å². The van der Waals surface area contributed by atoms with Gasteiger partial charge in [-0.1, -0.05) is 13.8 Å². The third-order valence-electron chi connectivity index (χ3n) is 3.76. The lowest BCUT2D eigenvalue weighted by atomic mass is 10.1. The number of nitrogen functional groups attached to an aromatic ring is 1. The molecule has 0 aromatic carbocycles. The van der Waals surface area contributed by atoms with Crippen LogP contribution in [-0.2, 0) is 14.1 Å². The number of hydrogen-bond donors (Lipinski definition) is 2. The number of aromatic nitrogens is 3. The standard InChI is InChI=1S/C15H21N5O3/c1-7(2)6-17-13(21)9-8(3)10-12(18-11(9)16)19(4)15(23)20(5)14(10)22/h7H,6H2,1-5H3,(H2,16,18)(H,17,21). The van der Waals surface area contributed by atoms with Gasteiger partial charge in [-0.3, -0.25) is 18.7 Å². The molecule has 2 aromatic heterocycles. The van der Waals surface area contributed by atoms with E-state index in [0.29, 0.717) is 12.1 Å². The Bertz CT molecular complexity index is 908. The van der Waals surface area contributed by atoms with E-state index in [1.165, 1.54) is 18.7 Å². The van der Waals surface area contributed by atoms with Crippen molar-refractivity contribution in [2.45, 2.75) is 20.8 Å². The topological polar surface area (TPSA) is 112 Å². The summed E-state index contributed by atoms with van der Waals surface area (Å²) in [4.78, 5) is 40.9. The molecular weight excluding hydrogens is 298 g/mol. The van der Waals surface area contributed by atoms with E-state index in [2.05, 4.69) is 10.3 Å². The van der Waals surface area contributed by atoms with E-state index in [-0.39, 0.29) is 34.2 Å². The molecule has 0 aliphatic heterocycles. The van der Waals surface area contributed by atoms with Gasteiger partial charge in [-0.2, -0.15) is 0 Å². The molecule has 2 heterocycles. The van der Waals surface area contributed by atoms with Gasteiger partial charge in [0.25, 0.3) is 11.5 Å². The molecule has 1 amide bonds. The lowest BCUT2D eigenvalue weighted by Crippen LogP contribution is -2.38. The van der Waals surface area contributed by atoms with Gasteiger partial charge in [0.1, 0.15) is 5.82 Å². The van der Waals surface area contributed by atoms with Crippen LogP contribution in [0.5, 0.6) is 0 Å². The van der Waals surface area contributed by atoms with Crippen molar-refractivity contribution in [2.75, 3.05) is 12.3 Å². The summed E-state index contributed by atoms with van der Waals surface area (Å²) < 4.78 is 2.24. The SMILES string of the molecule is Cc1c(C(=O)NCC(C)C)c(N)nc2c1c(=O)n(C)c(=O)n2C. The highest BCUT2D eigenvalue weighted by atomic mass is 16.2. The Morgan fingerprint density at radius 2 is 1.87 bits per heavy atom. The van der Waals surface area contributed by atoms with E-state index in [1.54, 1.807) is 6.92 Å². The summed E-state index contributed by atoms with van der Waals surface area (Å²) in [6.45, 7) is 6.07. The summed E-state index contributed by atoms with van der Waals surface area (Å²) in [7, 11) is 2.90. The summed E-state index contributed by atoms with van der Waals surface area (Å²) in [5.74, 6) is -0.0962. The molecule has 0 unspecified atom stereocenters. The van der Waals surface area contributed by atoms with Crippen LogP contribution < -0.4 is 22.3 Å². The lowest BCUT2D eigenvalue weighted by Gasteiger charge is -2.15. The number of aryl methyl sites for hydroxylation is 2. The quantitative estimate of drug-likeness (QED) is 0.821. The fourth-order valence-corrected chi connectivity index (χ4v) is 2.45. The van der Waals surface area contributed by atoms with E-state index in [1.807, 2.05) is 13.8 Å². The first-order valence-corrected chi connectivity index (χ1v) is 7.30. The predicted octanol–water partition coefficient (Wildman–Crippen LogP) is -0.0914. The molecule has 0 saturated carbocycles. The molecule has 8 heteroatoms. The summed E-state index contributed by atoms with van der Waals surface area (Å²) in [6.07, 6.45) is 0. The predicted molar refractivity (Wildman–Crippen MR) is 88.5 cm³/mol. The summed E-state index contributed by atoms with van der Waals surface area (Å²) in [5, 5.41) is 2.99. The average Bonchev–Trinajstić information content (AvgIpc) is 2.48. The number of carbonyl (C=O) groups excluding carboxylic acids is 1. The van der Waals surface area contributed by atoms with E-state index in [9.17, 15) is 14.4 Å². The molecule has 0 saturated heterocycles. The summed E-state index contributed by atoms with van der Waals surface area (Å²) >= 11 is 0. The third-order valence-corrected chi connectivity index (χ3v) is 3.76. The van der Waals surface area contributed by atoms with Gasteiger partial charge in [-0.05, 0) is 18.4 Å². The second-order valence-electron chi connectivity index (χ2n) is 6.01. The first kappa shape index (κ1) is 16.7. The van der Waals surface area contributed by atoms with Crippen LogP contribution in [0.4, 0.5) is 5.82 Å². The van der Waals surface area contributed by atoms with Crippen LogP contribution in [0.25, 0.3) is 11.0 Å². The van der Waals surface area contributed by atoms with E-state index >= 15 is 0 Å². The molecule has 23 heavy (non-hydrogen) atoms. The Morgan fingerprint density at radius 1 is 1.26 bits per heavy atom. The van der Waals surface area contributed by atoms with E-state index < -0.39 is 11.2 Å². The zero-order valence-corrected chi connectivity index (χ0v) is 13.9. The van der Waals surface area contributed by atoms with Crippen LogP contribution in [0.3, 0.4) is 0 Å². The molecule has 8 nitrogen and oxygen atoms in total. The van der Waals surface area contributed by atoms with Gasteiger partial charge >= 0.3 is 5.69 Å². The first-order valence-electron chi connectivity index (χ1n) is 7.30. The molecule has 124 valence electrons. The number of carbonyl (C=O) groups is 1. The van der Waals surface area contributed by atoms with Crippen LogP contribution in [0, 0.1) is 12.8 Å². The largest absolute Gasteiger partial charge is 0.383 e. The lowest BCUT2D eigenvalue weighted by molar-refractivity contribution is 0.0949. The fraction of sp³-hybridized carbons (Fsp3) is 0.467. The Kier molecular flexibility index (Phi) is 4.26. The first-order chi connectivity index (χ1) is 10.7. The number of nitrogens with two attached hydrogens (primary N) is 1. The van der Waals surface area contributed by atoms with Crippen molar-refractivity contribution in [3.8, 4) is 0 Å². The van der Waals surface area contributed by atoms with Crippen molar-refractivity contribution < 1.29 is 4.79 Å². The highest BCUT2D eigenvalue weighted by Crippen LogP contribution is 2.21. The Hall–Kier alpha value is -2.64. The van der Waals surface area contributed by atoms with Crippen LogP contribution in [0.15, 0.2) is 9.59 Å². The maximum atomic E-state index is 12.4. The van der Waals surface area contributed by atoms with Crippen molar-refractivity contribution >= 4 is 22.8 Å². The van der Waals surface area contributed by atoms with Gasteiger partial charge < -0.3 is 11.1 Å². The number of pyridine rings is 1. The van der Waals surface area contributed by atoms with Gasteiger partial charge in [-0.15, -0.1) is 0 Å². The van der Waals surface area contributed by atoms with Crippen molar-refractivity contribution in [3.63, 3.8) is 0 Å². The van der Waals surface area contributed by atoms with Gasteiger partial charge in [-0.25, -0.2) is 9.78 Å². The molecule has 0 spiro atoms. The second kappa shape index (κ2) is 5.86. The van der Waals surface area contributed by atoms with Crippen LogP contribution >= 0.6 is 0 Å². The summed E-state index contributed by atoms with van der Waals surface area (Å²) in [6, 6.07) is 0. The number of nitrogens with one attached hydrogen (secondary N) is 1. The molecule has 0 bridgehead atoms. The zero-order chi connectivity index (χ0) is 17.5. The van der Waals surface area contributed by atoms with Crippen molar-refractivity contribution in [1.82, 2.24) is 19.4 Å². The van der Waals surface area contributed by atoms with Gasteiger partial charge in [0.05, 0.1) is 10.9 Å². The third kappa shape index (κ3) is 2.71. The Morgan fingerprint density at radius 3 is 2.43 bits per heavy atom. The molecule has 3 N–H and O–H groups in total. The molecule has 0 atom stereocenters. The maximum Gasteiger partial charge on any atom is 0.332 e. The number of amides is 1. The number of hydrogen-bond acceptors (Lipinski definition) is 5. The normalized spacial score (nSPS) is 11.2. The summed E-state index contributed by atoms with van der Waals surface area (Å²) in [5.41, 5.74) is 5.69. The highest BCUT2D eigenvalue weighted by Gasteiger charge is 2.21. The monoisotopic (exact) mass is 319 g/mol. The maximum absolute atomic E-state index is 12.4.